The van der Waals surface area contributed by atoms with Crippen LogP contribution in [0.2, 0.25) is 0 Å². The molecule has 3 heteroatoms. The molecule has 1 saturated carbocycles. The molecule has 0 aromatic carbocycles. The fourth-order valence-corrected chi connectivity index (χ4v) is 2.50. The molecule has 0 radical (unpaired) electrons. The van der Waals surface area contributed by atoms with E-state index in [4.69, 9.17) is 4.74 Å². The molecule has 3 nitrogen and oxygen atoms in total. The highest BCUT2D eigenvalue weighted by molar-refractivity contribution is 5.70. The number of esters is 1. The van der Waals surface area contributed by atoms with Crippen molar-refractivity contribution in [2.24, 2.45) is 5.92 Å². The number of rotatable bonds is 4. The van der Waals surface area contributed by atoms with Crippen LogP contribution >= 0.6 is 0 Å². The van der Waals surface area contributed by atoms with Crippen LogP contribution in [-0.4, -0.2) is 25.2 Å². The lowest BCUT2D eigenvalue weighted by atomic mass is 9.92. The van der Waals surface area contributed by atoms with E-state index in [1.165, 1.54) is 13.5 Å². The Morgan fingerprint density at radius 1 is 1.64 bits per heavy atom. The standard InChI is InChI=1S/C11H21NO2/c1-4-12-11(8-10(13)14-3)6-5-9(2)7-11/h9,12H,4-8H2,1-3H3. The molecule has 1 aliphatic rings. The van der Waals surface area contributed by atoms with Gasteiger partial charge in [0.15, 0.2) is 0 Å². The molecular weight excluding hydrogens is 178 g/mol. The van der Waals surface area contributed by atoms with Crippen LogP contribution in [0.5, 0.6) is 0 Å². The van der Waals surface area contributed by atoms with Crippen LogP contribution in [0.15, 0.2) is 0 Å². The highest BCUT2D eigenvalue weighted by Crippen LogP contribution is 2.36. The van der Waals surface area contributed by atoms with Gasteiger partial charge in [-0.2, -0.15) is 0 Å². The number of hydrogen-bond donors (Lipinski definition) is 1. The molecule has 0 heterocycles. The van der Waals surface area contributed by atoms with Crippen molar-refractivity contribution in [1.82, 2.24) is 5.32 Å². The van der Waals surface area contributed by atoms with Crippen molar-refractivity contribution >= 4 is 5.97 Å². The lowest BCUT2D eigenvalue weighted by Gasteiger charge is -2.29. The summed E-state index contributed by atoms with van der Waals surface area (Å²) in [5, 5.41) is 3.45. The Morgan fingerprint density at radius 3 is 2.79 bits per heavy atom. The van der Waals surface area contributed by atoms with Gasteiger partial charge < -0.3 is 10.1 Å². The maximum absolute atomic E-state index is 11.3. The fourth-order valence-electron chi connectivity index (χ4n) is 2.50. The molecule has 0 aromatic heterocycles. The van der Waals surface area contributed by atoms with Gasteiger partial charge in [0.05, 0.1) is 13.5 Å². The molecule has 0 spiro atoms. The van der Waals surface area contributed by atoms with Gasteiger partial charge in [-0.1, -0.05) is 13.8 Å². The molecule has 82 valence electrons. The van der Waals surface area contributed by atoms with Crippen LogP contribution in [0.1, 0.15) is 39.5 Å². The first kappa shape index (κ1) is 11.5. The first-order valence-corrected chi connectivity index (χ1v) is 5.44. The zero-order chi connectivity index (χ0) is 10.6. The first-order valence-electron chi connectivity index (χ1n) is 5.44. The maximum atomic E-state index is 11.3. The topological polar surface area (TPSA) is 38.3 Å². The molecule has 1 N–H and O–H groups in total. The summed E-state index contributed by atoms with van der Waals surface area (Å²) in [6, 6.07) is 0. The molecule has 1 aliphatic carbocycles. The summed E-state index contributed by atoms with van der Waals surface area (Å²) in [5.74, 6) is 0.624. The minimum atomic E-state index is -0.0972. The molecule has 0 aromatic rings. The second kappa shape index (κ2) is 4.78. The summed E-state index contributed by atoms with van der Waals surface area (Å²) in [6.45, 7) is 5.25. The predicted octanol–water partition coefficient (Wildman–Crippen LogP) is 1.72. The number of carbonyl (C=O) groups excluding carboxylic acids is 1. The number of hydrogen-bond acceptors (Lipinski definition) is 3. The number of methoxy groups -OCH3 is 1. The van der Waals surface area contributed by atoms with Crippen molar-refractivity contribution in [3.63, 3.8) is 0 Å². The largest absolute Gasteiger partial charge is 0.469 e. The van der Waals surface area contributed by atoms with Gasteiger partial charge in [0.2, 0.25) is 0 Å². The van der Waals surface area contributed by atoms with Gasteiger partial charge in [0.1, 0.15) is 0 Å². The number of ether oxygens (including phenoxy) is 1. The SMILES string of the molecule is CCNC1(CC(=O)OC)CCC(C)C1. The molecule has 0 aliphatic heterocycles. The Kier molecular flexibility index (Phi) is 3.93. The van der Waals surface area contributed by atoms with Crippen molar-refractivity contribution in [1.29, 1.82) is 0 Å². The van der Waals surface area contributed by atoms with E-state index >= 15 is 0 Å². The zero-order valence-corrected chi connectivity index (χ0v) is 9.43. The Morgan fingerprint density at radius 2 is 2.36 bits per heavy atom. The van der Waals surface area contributed by atoms with E-state index in [1.54, 1.807) is 0 Å². The van der Waals surface area contributed by atoms with E-state index in [1.807, 2.05) is 0 Å². The van der Waals surface area contributed by atoms with Gasteiger partial charge >= 0.3 is 5.97 Å². The third-order valence-corrected chi connectivity index (χ3v) is 3.12. The molecule has 0 bridgehead atoms. The van der Waals surface area contributed by atoms with E-state index in [-0.39, 0.29) is 11.5 Å². The summed E-state index contributed by atoms with van der Waals surface area (Å²) in [4.78, 5) is 11.3. The van der Waals surface area contributed by atoms with E-state index < -0.39 is 0 Å². The second-order valence-electron chi connectivity index (χ2n) is 4.41. The summed E-state index contributed by atoms with van der Waals surface area (Å²) in [5.41, 5.74) is 0.0151. The molecule has 0 saturated heterocycles. The zero-order valence-electron chi connectivity index (χ0n) is 9.43. The third-order valence-electron chi connectivity index (χ3n) is 3.12. The van der Waals surface area contributed by atoms with Crippen LogP contribution in [0.3, 0.4) is 0 Å². The van der Waals surface area contributed by atoms with Crippen LogP contribution in [0.4, 0.5) is 0 Å². The Hall–Kier alpha value is -0.570. The van der Waals surface area contributed by atoms with E-state index in [2.05, 4.69) is 19.2 Å². The van der Waals surface area contributed by atoms with Gasteiger partial charge in [-0.05, 0) is 31.7 Å². The average Bonchev–Trinajstić information content (AvgIpc) is 2.48. The summed E-state index contributed by atoms with van der Waals surface area (Å²) >= 11 is 0. The quantitative estimate of drug-likeness (QED) is 0.701. The average molecular weight is 199 g/mol. The maximum Gasteiger partial charge on any atom is 0.307 e. The lowest BCUT2D eigenvalue weighted by molar-refractivity contribution is -0.142. The van der Waals surface area contributed by atoms with Crippen molar-refractivity contribution < 1.29 is 9.53 Å². The monoisotopic (exact) mass is 199 g/mol. The van der Waals surface area contributed by atoms with Gasteiger partial charge in [-0.3, -0.25) is 4.79 Å². The molecule has 2 atom stereocenters. The predicted molar refractivity (Wildman–Crippen MR) is 56.1 cm³/mol. The minimum Gasteiger partial charge on any atom is -0.469 e. The number of carbonyl (C=O) groups is 1. The molecule has 1 fully saturated rings. The van der Waals surface area contributed by atoms with Gasteiger partial charge in [0, 0.05) is 5.54 Å². The minimum absolute atomic E-state index is 0.0151. The van der Waals surface area contributed by atoms with E-state index in [0.29, 0.717) is 6.42 Å². The number of nitrogens with one attached hydrogen (secondary N) is 1. The van der Waals surface area contributed by atoms with Crippen molar-refractivity contribution in [2.45, 2.75) is 45.1 Å². The first-order chi connectivity index (χ1) is 6.62. The van der Waals surface area contributed by atoms with Gasteiger partial charge in [-0.25, -0.2) is 0 Å². The Bertz CT molecular complexity index is 201. The molecule has 14 heavy (non-hydrogen) atoms. The molecule has 1 rings (SSSR count). The smallest absolute Gasteiger partial charge is 0.307 e. The Labute approximate surface area is 86.2 Å². The molecule has 2 unspecified atom stereocenters. The highest BCUT2D eigenvalue weighted by Gasteiger charge is 2.38. The molecule has 0 amide bonds. The van der Waals surface area contributed by atoms with Crippen LogP contribution in [0, 0.1) is 5.92 Å². The van der Waals surface area contributed by atoms with Crippen LogP contribution in [0.25, 0.3) is 0 Å². The Balaban J connectivity index is 2.58. The van der Waals surface area contributed by atoms with E-state index in [0.717, 1.165) is 25.3 Å². The highest BCUT2D eigenvalue weighted by atomic mass is 16.5. The fraction of sp³-hybridized carbons (Fsp3) is 0.909. The van der Waals surface area contributed by atoms with Crippen molar-refractivity contribution in [3.8, 4) is 0 Å². The normalized spacial score (nSPS) is 31.8. The van der Waals surface area contributed by atoms with Crippen molar-refractivity contribution in [2.75, 3.05) is 13.7 Å². The van der Waals surface area contributed by atoms with Gasteiger partial charge in [-0.15, -0.1) is 0 Å². The van der Waals surface area contributed by atoms with Crippen LogP contribution < -0.4 is 5.32 Å². The summed E-state index contributed by atoms with van der Waals surface area (Å²) in [6.07, 6.45) is 3.92. The third kappa shape index (κ3) is 2.71. The summed E-state index contributed by atoms with van der Waals surface area (Å²) in [7, 11) is 1.46. The molecular formula is C11H21NO2. The second-order valence-corrected chi connectivity index (χ2v) is 4.41. The summed E-state index contributed by atoms with van der Waals surface area (Å²) < 4.78 is 4.74. The van der Waals surface area contributed by atoms with E-state index in [9.17, 15) is 4.79 Å². The van der Waals surface area contributed by atoms with Crippen LogP contribution in [-0.2, 0) is 9.53 Å². The van der Waals surface area contributed by atoms with Gasteiger partial charge in [0.25, 0.3) is 0 Å². The lowest BCUT2D eigenvalue weighted by Crippen LogP contribution is -2.44. The van der Waals surface area contributed by atoms with Crippen molar-refractivity contribution in [3.05, 3.63) is 0 Å².